The van der Waals surface area contributed by atoms with Crippen molar-refractivity contribution in [2.24, 2.45) is 0 Å². The molecular weight excluding hydrogens is 984 g/mol. The molecule has 0 spiro atoms. The lowest BCUT2D eigenvalue weighted by molar-refractivity contribution is -0.870. The SMILES string of the molecule is CCCCCCCCCCCCCCCCCCCCCCCC/C=C/CC/C=C/CC/C=C/C(O)C(COP(=O)(O)OCC[N+](C)(C)C)NC(=O)CCCCCCCCCCCCCCCCCCCCCCCCCC. The largest absolute Gasteiger partial charge is 0.472 e. The summed E-state index contributed by atoms with van der Waals surface area (Å²) in [5, 5.41) is 14.0. The van der Waals surface area contributed by atoms with Crippen LogP contribution in [0.2, 0.25) is 0 Å². The molecule has 0 fully saturated rings. The van der Waals surface area contributed by atoms with E-state index in [0.29, 0.717) is 17.4 Å². The number of quaternary nitrogens is 1. The molecule has 1 amide bonds. The van der Waals surface area contributed by atoms with Gasteiger partial charge in [0.1, 0.15) is 13.2 Å². The fraction of sp³-hybridized carbons (Fsp3) is 0.899. The van der Waals surface area contributed by atoms with Gasteiger partial charge in [-0.1, -0.05) is 333 Å². The van der Waals surface area contributed by atoms with Gasteiger partial charge >= 0.3 is 7.82 Å². The second-order valence-corrected chi connectivity index (χ2v) is 26.4. The number of aliphatic hydroxyl groups excluding tert-OH is 1. The van der Waals surface area contributed by atoms with Crippen LogP contribution in [0.4, 0.5) is 0 Å². The lowest BCUT2D eigenvalue weighted by Crippen LogP contribution is -2.45. The highest BCUT2D eigenvalue weighted by Gasteiger charge is 2.28. The Kier molecular flexibility index (Phi) is 59.3. The Labute approximate surface area is 487 Å². The second-order valence-electron chi connectivity index (χ2n) is 24.9. The summed E-state index contributed by atoms with van der Waals surface area (Å²) in [4.78, 5) is 23.4. The molecule has 3 N–H and O–H groups in total. The number of nitrogens with one attached hydrogen (secondary N) is 1. The van der Waals surface area contributed by atoms with Crippen LogP contribution in [-0.2, 0) is 18.4 Å². The molecule has 0 aromatic rings. The minimum Gasteiger partial charge on any atom is -0.387 e. The number of rotatable bonds is 64. The van der Waals surface area contributed by atoms with Crippen molar-refractivity contribution in [2.45, 2.75) is 360 Å². The molecule has 0 aliphatic rings. The predicted molar refractivity (Wildman–Crippen MR) is 341 cm³/mol. The van der Waals surface area contributed by atoms with Crippen LogP contribution in [0.1, 0.15) is 348 Å². The quantitative estimate of drug-likeness (QED) is 0.0243. The van der Waals surface area contributed by atoms with E-state index in [2.05, 4.69) is 43.5 Å². The monoisotopic (exact) mass is 1120 g/mol. The lowest BCUT2D eigenvalue weighted by atomic mass is 10.0. The van der Waals surface area contributed by atoms with E-state index >= 15 is 0 Å². The molecule has 0 rings (SSSR count). The first-order chi connectivity index (χ1) is 38.0. The Balaban J connectivity index is 4.12. The van der Waals surface area contributed by atoms with E-state index in [1.807, 2.05) is 27.2 Å². The summed E-state index contributed by atoms with van der Waals surface area (Å²) in [7, 11) is 1.56. The first-order valence-electron chi connectivity index (χ1n) is 34.4. The van der Waals surface area contributed by atoms with E-state index in [1.165, 1.54) is 283 Å². The minimum absolute atomic E-state index is 0.0554. The molecule has 3 atom stereocenters. The van der Waals surface area contributed by atoms with E-state index in [4.69, 9.17) is 9.05 Å². The van der Waals surface area contributed by atoms with Gasteiger partial charge in [0.2, 0.25) is 5.91 Å². The molecule has 78 heavy (non-hydrogen) atoms. The van der Waals surface area contributed by atoms with Gasteiger partial charge < -0.3 is 19.8 Å². The van der Waals surface area contributed by atoms with Crippen molar-refractivity contribution in [3.63, 3.8) is 0 Å². The summed E-state index contributed by atoms with van der Waals surface area (Å²) >= 11 is 0. The molecule has 0 bridgehead atoms. The minimum atomic E-state index is -4.36. The highest BCUT2D eigenvalue weighted by Crippen LogP contribution is 2.43. The number of phosphoric acid groups is 1. The molecule has 9 heteroatoms. The zero-order chi connectivity index (χ0) is 57.0. The number of hydrogen-bond donors (Lipinski definition) is 3. The van der Waals surface area contributed by atoms with Crippen molar-refractivity contribution < 1.29 is 32.9 Å². The molecular formula is C69H136N2O6P+. The molecule has 462 valence electrons. The average Bonchev–Trinajstić information content (AvgIpc) is 3.41. The number of carbonyl (C=O) groups is 1. The standard InChI is InChI=1S/C69H135N2O6P/c1-6-8-10-12-14-16-18-20-22-24-26-28-30-32-33-34-35-36-37-38-39-40-42-44-46-48-50-52-54-56-58-60-62-68(72)67(66-77-78(74,75)76-65-64-71(3,4)5)70-69(73)63-61-59-57-55-53-51-49-47-45-43-41-31-29-27-25-23-21-19-17-15-13-11-9-7-2/h44,46,52,54,60,62,67-68,72H,6-43,45,47-51,53,55-59,61,63-66H2,1-5H3,(H-,70,73,74,75)/p+1/b46-44+,54-52+,62-60+. The molecule has 0 saturated heterocycles. The summed E-state index contributed by atoms with van der Waals surface area (Å²) in [6, 6.07) is -0.869. The molecule has 0 radical (unpaired) electrons. The third kappa shape index (κ3) is 62.3. The molecule has 0 aliphatic carbocycles. The molecule has 8 nitrogen and oxygen atoms in total. The van der Waals surface area contributed by atoms with Gasteiger partial charge in [-0.3, -0.25) is 13.8 Å². The van der Waals surface area contributed by atoms with Crippen molar-refractivity contribution in [3.8, 4) is 0 Å². The zero-order valence-electron chi connectivity index (χ0n) is 52.9. The Morgan fingerprint density at radius 2 is 0.705 bits per heavy atom. The number of carbonyl (C=O) groups excluding carboxylic acids is 1. The van der Waals surface area contributed by atoms with Crippen LogP contribution < -0.4 is 5.32 Å². The van der Waals surface area contributed by atoms with Crippen molar-refractivity contribution in [2.75, 3.05) is 40.9 Å². The molecule has 3 unspecified atom stereocenters. The molecule has 0 heterocycles. The number of nitrogens with zero attached hydrogens (tertiary/aromatic N) is 1. The Hall–Kier alpha value is -1.28. The Morgan fingerprint density at radius 3 is 1.03 bits per heavy atom. The number of phosphoric ester groups is 1. The Bertz CT molecular complexity index is 1360. The fourth-order valence-electron chi connectivity index (χ4n) is 10.5. The fourth-order valence-corrected chi connectivity index (χ4v) is 11.2. The maximum Gasteiger partial charge on any atom is 0.472 e. The van der Waals surface area contributed by atoms with Gasteiger partial charge in [-0.05, 0) is 44.9 Å². The second kappa shape index (κ2) is 60.3. The van der Waals surface area contributed by atoms with Crippen molar-refractivity contribution >= 4 is 13.7 Å². The highest BCUT2D eigenvalue weighted by atomic mass is 31.2. The van der Waals surface area contributed by atoms with Gasteiger partial charge in [0.15, 0.2) is 0 Å². The number of allylic oxidation sites excluding steroid dienone is 5. The maximum absolute atomic E-state index is 13.0. The topological polar surface area (TPSA) is 105 Å². The van der Waals surface area contributed by atoms with Crippen LogP contribution in [-0.4, -0.2) is 73.4 Å². The summed E-state index contributed by atoms with van der Waals surface area (Å²) in [6.45, 7) is 4.85. The third-order valence-corrected chi connectivity index (χ3v) is 16.8. The van der Waals surface area contributed by atoms with E-state index in [9.17, 15) is 19.4 Å². The van der Waals surface area contributed by atoms with Gasteiger partial charge in [-0.25, -0.2) is 4.57 Å². The smallest absolute Gasteiger partial charge is 0.387 e. The van der Waals surface area contributed by atoms with E-state index in [-0.39, 0.29) is 19.1 Å². The summed E-state index contributed by atoms with van der Waals surface area (Å²) in [5.41, 5.74) is 0. The van der Waals surface area contributed by atoms with Gasteiger partial charge in [-0.15, -0.1) is 0 Å². The maximum atomic E-state index is 13.0. The first-order valence-corrected chi connectivity index (χ1v) is 35.9. The van der Waals surface area contributed by atoms with Gasteiger partial charge in [0.25, 0.3) is 0 Å². The molecule has 0 saturated carbocycles. The van der Waals surface area contributed by atoms with E-state index < -0.39 is 20.0 Å². The third-order valence-electron chi connectivity index (χ3n) is 15.8. The highest BCUT2D eigenvalue weighted by molar-refractivity contribution is 7.47. The lowest BCUT2D eigenvalue weighted by Gasteiger charge is -2.25. The number of amides is 1. The molecule has 0 aliphatic heterocycles. The van der Waals surface area contributed by atoms with Crippen LogP contribution in [0, 0.1) is 0 Å². The van der Waals surface area contributed by atoms with Gasteiger partial charge in [0.05, 0.1) is 39.9 Å². The normalized spacial score (nSPS) is 13.9. The number of aliphatic hydroxyl groups is 1. The first kappa shape index (κ1) is 76.7. The van der Waals surface area contributed by atoms with Crippen molar-refractivity contribution in [3.05, 3.63) is 36.5 Å². The summed E-state index contributed by atoms with van der Waals surface area (Å²) in [5.74, 6) is -0.184. The van der Waals surface area contributed by atoms with Crippen molar-refractivity contribution in [1.82, 2.24) is 5.32 Å². The number of likely N-dealkylation sites (N-methyl/N-ethyl adjacent to an activating group) is 1. The summed E-state index contributed by atoms with van der Waals surface area (Å²) in [6.07, 6.45) is 80.1. The van der Waals surface area contributed by atoms with Crippen LogP contribution in [0.5, 0.6) is 0 Å². The van der Waals surface area contributed by atoms with Crippen molar-refractivity contribution in [1.29, 1.82) is 0 Å². The number of unbranched alkanes of at least 4 members (excludes halogenated alkanes) is 47. The predicted octanol–water partition coefficient (Wildman–Crippen LogP) is 21.7. The number of hydrogen-bond acceptors (Lipinski definition) is 5. The van der Waals surface area contributed by atoms with Crippen LogP contribution in [0.15, 0.2) is 36.5 Å². The average molecular weight is 1120 g/mol. The molecule has 0 aromatic carbocycles. The Morgan fingerprint density at radius 1 is 0.423 bits per heavy atom. The summed E-state index contributed by atoms with van der Waals surface area (Å²) < 4.78 is 23.8. The van der Waals surface area contributed by atoms with Crippen LogP contribution >= 0.6 is 7.82 Å². The van der Waals surface area contributed by atoms with Crippen LogP contribution in [0.25, 0.3) is 0 Å². The van der Waals surface area contributed by atoms with E-state index in [1.54, 1.807) is 6.08 Å². The van der Waals surface area contributed by atoms with Crippen LogP contribution in [0.3, 0.4) is 0 Å². The van der Waals surface area contributed by atoms with Gasteiger partial charge in [-0.2, -0.15) is 0 Å². The zero-order valence-corrected chi connectivity index (χ0v) is 53.8. The van der Waals surface area contributed by atoms with E-state index in [0.717, 1.165) is 44.9 Å². The molecule has 0 aromatic heterocycles. The van der Waals surface area contributed by atoms with Gasteiger partial charge in [0, 0.05) is 6.42 Å².